The molecule has 6 rings (SSSR count). The van der Waals surface area contributed by atoms with E-state index in [4.69, 9.17) is 9.47 Å². The SMILES string of the molecule is O=C(Nc1cnccc1N1CCNCC1)c1nnc(N2Cc3ccc(OCC4CCCO4)cc3C2=O)s1. The molecular formula is C25H27N7O4S. The Labute approximate surface area is 217 Å². The van der Waals surface area contributed by atoms with Crippen LogP contribution in [0.3, 0.4) is 0 Å². The smallest absolute Gasteiger partial charge is 0.286 e. The number of amides is 2. The number of carbonyl (C=O) groups is 2. The van der Waals surface area contributed by atoms with Gasteiger partial charge in [-0.25, -0.2) is 0 Å². The number of anilines is 3. The van der Waals surface area contributed by atoms with Gasteiger partial charge in [-0.15, -0.1) is 10.2 Å². The van der Waals surface area contributed by atoms with Crippen molar-refractivity contribution in [1.82, 2.24) is 20.5 Å². The normalized spacial score (nSPS) is 19.2. The summed E-state index contributed by atoms with van der Waals surface area (Å²) in [7, 11) is 0. The van der Waals surface area contributed by atoms with Crippen LogP contribution in [0.25, 0.3) is 0 Å². The molecular weight excluding hydrogens is 494 g/mol. The van der Waals surface area contributed by atoms with E-state index in [-0.39, 0.29) is 22.9 Å². The summed E-state index contributed by atoms with van der Waals surface area (Å²) in [6.45, 7) is 5.05. The molecule has 0 radical (unpaired) electrons. The van der Waals surface area contributed by atoms with Crippen molar-refractivity contribution in [2.45, 2.75) is 25.5 Å². The van der Waals surface area contributed by atoms with Crippen molar-refractivity contribution in [3.8, 4) is 5.75 Å². The fraction of sp³-hybridized carbons (Fsp3) is 0.400. The van der Waals surface area contributed by atoms with E-state index in [1.165, 1.54) is 0 Å². The Morgan fingerprint density at radius 2 is 2.14 bits per heavy atom. The van der Waals surface area contributed by atoms with Crippen molar-refractivity contribution in [3.05, 3.63) is 52.8 Å². The van der Waals surface area contributed by atoms with Crippen LogP contribution in [-0.2, 0) is 11.3 Å². The zero-order chi connectivity index (χ0) is 25.2. The largest absolute Gasteiger partial charge is 0.491 e. The van der Waals surface area contributed by atoms with Gasteiger partial charge in [-0.2, -0.15) is 0 Å². The summed E-state index contributed by atoms with van der Waals surface area (Å²) < 4.78 is 11.5. The van der Waals surface area contributed by atoms with Crippen molar-refractivity contribution in [1.29, 1.82) is 0 Å². The van der Waals surface area contributed by atoms with Crippen LogP contribution >= 0.6 is 11.3 Å². The summed E-state index contributed by atoms with van der Waals surface area (Å²) in [5.74, 6) is 0.0644. The van der Waals surface area contributed by atoms with E-state index in [1.807, 2.05) is 18.2 Å². The Hall–Kier alpha value is -3.61. The molecule has 1 atom stereocenters. The van der Waals surface area contributed by atoms with Crippen LogP contribution in [-0.4, -0.2) is 72.5 Å². The molecule has 5 heterocycles. The number of pyridine rings is 1. The molecule has 1 unspecified atom stereocenters. The first-order valence-electron chi connectivity index (χ1n) is 12.4. The van der Waals surface area contributed by atoms with Gasteiger partial charge < -0.3 is 25.0 Å². The fourth-order valence-electron chi connectivity index (χ4n) is 4.75. The van der Waals surface area contributed by atoms with Crippen LogP contribution in [0, 0.1) is 0 Å². The van der Waals surface area contributed by atoms with Gasteiger partial charge >= 0.3 is 0 Å². The van der Waals surface area contributed by atoms with Crippen LogP contribution in [0.1, 0.15) is 38.6 Å². The second-order valence-electron chi connectivity index (χ2n) is 9.13. The van der Waals surface area contributed by atoms with E-state index in [9.17, 15) is 9.59 Å². The highest BCUT2D eigenvalue weighted by Crippen LogP contribution is 2.33. The molecule has 0 spiro atoms. The lowest BCUT2D eigenvalue weighted by atomic mass is 10.1. The van der Waals surface area contributed by atoms with Crippen molar-refractivity contribution in [2.75, 3.05) is 54.5 Å². The fourth-order valence-corrected chi connectivity index (χ4v) is 5.48. The Morgan fingerprint density at radius 3 is 2.97 bits per heavy atom. The van der Waals surface area contributed by atoms with Gasteiger partial charge in [0, 0.05) is 44.5 Å². The van der Waals surface area contributed by atoms with E-state index in [0.717, 1.165) is 68.2 Å². The topological polar surface area (TPSA) is 122 Å². The highest BCUT2D eigenvalue weighted by molar-refractivity contribution is 7.17. The molecule has 0 aliphatic carbocycles. The van der Waals surface area contributed by atoms with Crippen LogP contribution in [0.5, 0.6) is 5.75 Å². The van der Waals surface area contributed by atoms with Gasteiger partial charge in [-0.05, 0) is 36.6 Å². The maximum atomic E-state index is 13.2. The number of nitrogens with one attached hydrogen (secondary N) is 2. The first-order valence-corrected chi connectivity index (χ1v) is 13.2. The number of nitrogens with zero attached hydrogens (tertiary/aromatic N) is 5. The summed E-state index contributed by atoms with van der Waals surface area (Å²) >= 11 is 1.08. The third-order valence-corrected chi connectivity index (χ3v) is 7.63. The summed E-state index contributed by atoms with van der Waals surface area (Å²) in [6, 6.07) is 7.42. The number of hydrogen-bond donors (Lipinski definition) is 2. The van der Waals surface area contributed by atoms with Gasteiger partial charge in [-0.3, -0.25) is 19.5 Å². The molecule has 12 heteroatoms. The molecule has 2 saturated heterocycles. The number of ether oxygens (including phenoxy) is 2. The molecule has 11 nitrogen and oxygen atoms in total. The molecule has 2 fully saturated rings. The van der Waals surface area contributed by atoms with Crippen LogP contribution in [0.4, 0.5) is 16.5 Å². The summed E-state index contributed by atoms with van der Waals surface area (Å²) in [5, 5.41) is 15.0. The summed E-state index contributed by atoms with van der Waals surface area (Å²) in [6.07, 6.45) is 5.49. The molecule has 2 N–H and O–H groups in total. The third-order valence-electron chi connectivity index (χ3n) is 6.69. The van der Waals surface area contributed by atoms with Crippen molar-refractivity contribution < 1.29 is 19.1 Å². The monoisotopic (exact) mass is 521 g/mol. The average molecular weight is 522 g/mol. The molecule has 37 heavy (non-hydrogen) atoms. The Kier molecular flexibility index (Phi) is 6.68. The number of fused-ring (bicyclic) bond motifs is 1. The molecule has 2 amide bonds. The standard InChI is InChI=1S/C25H27N7O4S/c33-22(28-20-13-27-6-5-21(20)31-9-7-26-8-10-31)23-29-30-25(37-23)32-14-16-3-4-17(12-19(16)24(32)34)36-15-18-2-1-11-35-18/h3-6,12-13,18,26H,1-2,7-11,14-15H2,(H,28,33). The van der Waals surface area contributed by atoms with Crippen LogP contribution < -0.4 is 25.2 Å². The molecule has 192 valence electrons. The maximum Gasteiger partial charge on any atom is 0.286 e. The molecule has 3 aliphatic heterocycles. The van der Waals surface area contributed by atoms with Crippen molar-refractivity contribution >= 4 is 39.7 Å². The van der Waals surface area contributed by atoms with Gasteiger partial charge in [0.15, 0.2) is 0 Å². The second kappa shape index (κ2) is 10.4. The molecule has 0 saturated carbocycles. The number of benzene rings is 1. The lowest BCUT2D eigenvalue weighted by Gasteiger charge is -2.30. The van der Waals surface area contributed by atoms with E-state index in [2.05, 4.69) is 30.7 Å². The Bertz CT molecular complexity index is 1300. The number of hydrogen-bond acceptors (Lipinski definition) is 10. The summed E-state index contributed by atoms with van der Waals surface area (Å²) in [4.78, 5) is 34.1. The highest BCUT2D eigenvalue weighted by Gasteiger charge is 2.32. The molecule has 3 aromatic rings. The number of aromatic nitrogens is 3. The van der Waals surface area contributed by atoms with Crippen LogP contribution in [0.2, 0.25) is 0 Å². The number of carbonyl (C=O) groups excluding carboxylic acids is 2. The van der Waals surface area contributed by atoms with Crippen LogP contribution in [0.15, 0.2) is 36.7 Å². The zero-order valence-corrected chi connectivity index (χ0v) is 21.0. The minimum Gasteiger partial charge on any atom is -0.491 e. The third kappa shape index (κ3) is 4.99. The van der Waals surface area contributed by atoms with Gasteiger partial charge in [0.25, 0.3) is 11.8 Å². The maximum absolute atomic E-state index is 13.2. The quantitative estimate of drug-likeness (QED) is 0.482. The number of piperazine rings is 1. The van der Waals surface area contributed by atoms with E-state index >= 15 is 0 Å². The molecule has 3 aliphatic rings. The molecule has 1 aromatic carbocycles. The molecule has 0 bridgehead atoms. The van der Waals surface area contributed by atoms with E-state index < -0.39 is 0 Å². The van der Waals surface area contributed by atoms with E-state index in [1.54, 1.807) is 23.4 Å². The van der Waals surface area contributed by atoms with Gasteiger partial charge in [-0.1, -0.05) is 17.4 Å². The lowest BCUT2D eigenvalue weighted by molar-refractivity contribution is 0.0679. The van der Waals surface area contributed by atoms with Gasteiger partial charge in [0.05, 0.1) is 30.2 Å². The van der Waals surface area contributed by atoms with Gasteiger partial charge in [0.1, 0.15) is 12.4 Å². The first-order chi connectivity index (χ1) is 18.2. The summed E-state index contributed by atoms with van der Waals surface area (Å²) in [5.41, 5.74) is 2.98. The number of rotatable bonds is 7. The van der Waals surface area contributed by atoms with E-state index in [0.29, 0.717) is 35.3 Å². The van der Waals surface area contributed by atoms with Gasteiger partial charge in [0.2, 0.25) is 10.1 Å². The molecule has 2 aromatic heterocycles. The van der Waals surface area contributed by atoms with Crippen molar-refractivity contribution in [3.63, 3.8) is 0 Å². The lowest BCUT2D eigenvalue weighted by Crippen LogP contribution is -2.43. The minimum atomic E-state index is -0.387. The predicted octanol–water partition coefficient (Wildman–Crippen LogP) is 2.31. The highest BCUT2D eigenvalue weighted by atomic mass is 32.1. The Morgan fingerprint density at radius 1 is 1.24 bits per heavy atom. The average Bonchev–Trinajstić information content (AvgIpc) is 3.69. The predicted molar refractivity (Wildman–Crippen MR) is 139 cm³/mol. The Balaban J connectivity index is 1.13. The van der Waals surface area contributed by atoms with Crippen molar-refractivity contribution in [2.24, 2.45) is 0 Å². The zero-order valence-electron chi connectivity index (χ0n) is 20.2. The minimum absolute atomic E-state index is 0.103. The second-order valence-corrected chi connectivity index (χ2v) is 10.1. The first kappa shape index (κ1) is 23.8.